The van der Waals surface area contributed by atoms with E-state index in [2.05, 4.69) is 29.6 Å². The van der Waals surface area contributed by atoms with Crippen molar-refractivity contribution < 1.29 is 0 Å². The molecule has 16 heavy (non-hydrogen) atoms. The number of aromatic nitrogens is 2. The number of rotatable bonds is 3. The van der Waals surface area contributed by atoms with Gasteiger partial charge in [0.2, 0.25) is 0 Å². The number of hydrogen-bond acceptors (Lipinski definition) is 3. The minimum absolute atomic E-state index is 0.667. The summed E-state index contributed by atoms with van der Waals surface area (Å²) in [5, 5.41) is 11.5. The van der Waals surface area contributed by atoms with Crippen LogP contribution < -0.4 is 10.6 Å². The van der Waals surface area contributed by atoms with E-state index in [-0.39, 0.29) is 0 Å². The van der Waals surface area contributed by atoms with Crippen LogP contribution in [-0.4, -0.2) is 28.9 Å². The average Bonchev–Trinajstić information content (AvgIpc) is 2.53. The van der Waals surface area contributed by atoms with E-state index < -0.39 is 0 Å². The van der Waals surface area contributed by atoms with Crippen LogP contribution in [0.4, 0.5) is 0 Å². The van der Waals surface area contributed by atoms with Gasteiger partial charge in [-0.2, -0.15) is 5.10 Å². The Morgan fingerprint density at radius 3 is 2.62 bits per heavy atom. The highest BCUT2D eigenvalue weighted by atomic mass is 15.3. The van der Waals surface area contributed by atoms with Gasteiger partial charge in [0, 0.05) is 30.9 Å². The van der Waals surface area contributed by atoms with E-state index in [1.54, 1.807) is 0 Å². The van der Waals surface area contributed by atoms with Crippen LogP contribution in [0.15, 0.2) is 0 Å². The molecule has 1 aromatic heterocycles. The van der Waals surface area contributed by atoms with Crippen molar-refractivity contribution in [2.75, 3.05) is 13.1 Å². The maximum absolute atomic E-state index is 4.44. The average molecular weight is 222 g/mol. The minimum Gasteiger partial charge on any atom is -0.317 e. The number of aryl methyl sites for hydroxylation is 2. The first kappa shape index (κ1) is 11.6. The van der Waals surface area contributed by atoms with E-state index in [0.717, 1.165) is 25.3 Å². The molecule has 1 aromatic rings. The van der Waals surface area contributed by atoms with Crippen molar-refractivity contribution in [2.24, 2.45) is 7.05 Å². The fourth-order valence-corrected chi connectivity index (χ4v) is 2.35. The summed E-state index contributed by atoms with van der Waals surface area (Å²) in [6, 6.07) is 0.667. The zero-order valence-electron chi connectivity index (χ0n) is 10.5. The smallest absolute Gasteiger partial charge is 0.0641 e. The summed E-state index contributed by atoms with van der Waals surface area (Å²) in [7, 11) is 2.01. The van der Waals surface area contributed by atoms with Crippen molar-refractivity contribution in [3.05, 3.63) is 17.0 Å². The summed E-state index contributed by atoms with van der Waals surface area (Å²) in [6.45, 7) is 7.47. The number of hydrogen-bond donors (Lipinski definition) is 2. The Labute approximate surface area is 97.4 Å². The maximum atomic E-state index is 4.44. The van der Waals surface area contributed by atoms with Crippen LogP contribution >= 0.6 is 0 Å². The predicted octanol–water partition coefficient (Wildman–Crippen LogP) is 0.879. The molecule has 0 saturated carbocycles. The Bertz CT molecular complexity index is 350. The first-order chi connectivity index (χ1) is 7.68. The van der Waals surface area contributed by atoms with Gasteiger partial charge in [0.25, 0.3) is 0 Å². The lowest BCUT2D eigenvalue weighted by Crippen LogP contribution is -2.39. The Kier molecular flexibility index (Phi) is 3.61. The minimum atomic E-state index is 0.667. The van der Waals surface area contributed by atoms with E-state index in [1.165, 1.54) is 24.1 Å². The van der Waals surface area contributed by atoms with Gasteiger partial charge in [-0.05, 0) is 39.8 Å². The summed E-state index contributed by atoms with van der Waals surface area (Å²) in [6.07, 6.45) is 2.47. The van der Waals surface area contributed by atoms with E-state index in [9.17, 15) is 0 Å². The second kappa shape index (κ2) is 4.97. The zero-order valence-corrected chi connectivity index (χ0v) is 10.5. The van der Waals surface area contributed by atoms with Gasteiger partial charge in [-0.25, -0.2) is 0 Å². The highest BCUT2D eigenvalue weighted by Gasteiger charge is 2.14. The van der Waals surface area contributed by atoms with E-state index in [4.69, 9.17) is 0 Å². The molecule has 4 heteroatoms. The van der Waals surface area contributed by atoms with Crippen LogP contribution in [0.3, 0.4) is 0 Å². The SMILES string of the molecule is Cc1nn(C)c(C)c1CNC1CCNCC1. The van der Waals surface area contributed by atoms with E-state index >= 15 is 0 Å². The third-order valence-corrected chi connectivity index (χ3v) is 3.57. The number of nitrogens with one attached hydrogen (secondary N) is 2. The van der Waals surface area contributed by atoms with Gasteiger partial charge in [-0.1, -0.05) is 0 Å². The van der Waals surface area contributed by atoms with Gasteiger partial charge >= 0.3 is 0 Å². The van der Waals surface area contributed by atoms with Crippen molar-refractivity contribution in [2.45, 2.75) is 39.3 Å². The van der Waals surface area contributed by atoms with Crippen LogP contribution in [-0.2, 0) is 13.6 Å². The van der Waals surface area contributed by atoms with E-state index in [0.29, 0.717) is 6.04 Å². The first-order valence-corrected chi connectivity index (χ1v) is 6.11. The van der Waals surface area contributed by atoms with Crippen molar-refractivity contribution >= 4 is 0 Å². The molecule has 0 aromatic carbocycles. The van der Waals surface area contributed by atoms with Crippen molar-refractivity contribution in [3.63, 3.8) is 0 Å². The molecular weight excluding hydrogens is 200 g/mol. The van der Waals surface area contributed by atoms with Crippen LogP contribution in [0.5, 0.6) is 0 Å². The maximum Gasteiger partial charge on any atom is 0.0641 e. The molecule has 4 nitrogen and oxygen atoms in total. The molecule has 0 unspecified atom stereocenters. The number of nitrogens with zero attached hydrogens (tertiary/aromatic N) is 2. The summed E-state index contributed by atoms with van der Waals surface area (Å²) in [5.41, 5.74) is 3.79. The molecule has 0 bridgehead atoms. The van der Waals surface area contributed by atoms with Gasteiger partial charge in [-0.3, -0.25) is 4.68 Å². The fourth-order valence-electron chi connectivity index (χ4n) is 2.35. The van der Waals surface area contributed by atoms with Gasteiger partial charge in [0.1, 0.15) is 0 Å². The molecule has 0 amide bonds. The summed E-state index contributed by atoms with van der Waals surface area (Å²) >= 11 is 0. The molecule has 0 atom stereocenters. The Balaban J connectivity index is 1.93. The summed E-state index contributed by atoms with van der Waals surface area (Å²) < 4.78 is 1.97. The molecule has 1 saturated heterocycles. The molecule has 2 N–H and O–H groups in total. The lowest BCUT2D eigenvalue weighted by molar-refractivity contribution is 0.386. The monoisotopic (exact) mass is 222 g/mol. The fraction of sp³-hybridized carbons (Fsp3) is 0.750. The molecule has 1 fully saturated rings. The standard InChI is InChI=1S/C12H22N4/c1-9-12(10(2)16(3)15-9)8-14-11-4-6-13-7-5-11/h11,13-14H,4-8H2,1-3H3. The second-order valence-corrected chi connectivity index (χ2v) is 4.68. The Morgan fingerprint density at radius 2 is 2.06 bits per heavy atom. The first-order valence-electron chi connectivity index (χ1n) is 6.11. The molecule has 2 heterocycles. The molecule has 90 valence electrons. The van der Waals surface area contributed by atoms with Crippen LogP contribution in [0.1, 0.15) is 29.8 Å². The topological polar surface area (TPSA) is 41.9 Å². The molecule has 1 aliphatic heterocycles. The van der Waals surface area contributed by atoms with Crippen LogP contribution in [0.2, 0.25) is 0 Å². The van der Waals surface area contributed by atoms with Crippen LogP contribution in [0.25, 0.3) is 0 Å². The third-order valence-electron chi connectivity index (χ3n) is 3.57. The molecule has 0 aliphatic carbocycles. The highest BCUT2D eigenvalue weighted by molar-refractivity contribution is 5.24. The normalized spacial score (nSPS) is 17.9. The molecule has 0 spiro atoms. The van der Waals surface area contributed by atoms with Gasteiger partial charge in [0.05, 0.1) is 5.69 Å². The molecule has 2 rings (SSSR count). The number of piperidine rings is 1. The van der Waals surface area contributed by atoms with Crippen molar-refractivity contribution in [1.82, 2.24) is 20.4 Å². The molecule has 0 radical (unpaired) electrons. The van der Waals surface area contributed by atoms with Crippen molar-refractivity contribution in [1.29, 1.82) is 0 Å². The summed E-state index contributed by atoms with van der Waals surface area (Å²) in [4.78, 5) is 0. The zero-order chi connectivity index (χ0) is 11.5. The van der Waals surface area contributed by atoms with Crippen molar-refractivity contribution in [3.8, 4) is 0 Å². The second-order valence-electron chi connectivity index (χ2n) is 4.68. The lowest BCUT2D eigenvalue weighted by atomic mass is 10.1. The van der Waals surface area contributed by atoms with E-state index in [1.807, 2.05) is 11.7 Å². The quantitative estimate of drug-likeness (QED) is 0.798. The van der Waals surface area contributed by atoms with Gasteiger partial charge < -0.3 is 10.6 Å². The molecule has 1 aliphatic rings. The summed E-state index contributed by atoms with van der Waals surface area (Å²) in [5.74, 6) is 0. The van der Waals surface area contributed by atoms with Crippen LogP contribution in [0, 0.1) is 13.8 Å². The third kappa shape index (κ3) is 2.44. The largest absolute Gasteiger partial charge is 0.317 e. The van der Waals surface area contributed by atoms with Gasteiger partial charge in [0.15, 0.2) is 0 Å². The van der Waals surface area contributed by atoms with Gasteiger partial charge in [-0.15, -0.1) is 0 Å². The Hall–Kier alpha value is -0.870. The lowest BCUT2D eigenvalue weighted by Gasteiger charge is -2.23. The molecular formula is C12H22N4. The predicted molar refractivity (Wildman–Crippen MR) is 65.4 cm³/mol. The Morgan fingerprint density at radius 1 is 1.38 bits per heavy atom. The highest BCUT2D eigenvalue weighted by Crippen LogP contribution is 2.12.